The summed E-state index contributed by atoms with van der Waals surface area (Å²) in [6.07, 6.45) is 7.59. The number of H-pyrrole nitrogens is 1. The van der Waals surface area contributed by atoms with Gasteiger partial charge in [-0.1, -0.05) is 26.7 Å². The first-order valence-corrected chi connectivity index (χ1v) is 6.48. The molecular formula is C13H23N3O. The van der Waals surface area contributed by atoms with E-state index in [0.717, 1.165) is 31.5 Å². The molecule has 2 atom stereocenters. The Hall–Kier alpha value is -1.32. The standard InChI is InChI=1S/C13H23N3O/c1-4-6-7-11(5-2)13(17)16-10(3)12-14-8-9-15-12/h8-11H,4-7H2,1-3H3,(H,14,15)(H,16,17). The van der Waals surface area contributed by atoms with Crippen LogP contribution in [0.2, 0.25) is 0 Å². The summed E-state index contributed by atoms with van der Waals surface area (Å²) in [5.41, 5.74) is 0. The van der Waals surface area contributed by atoms with Crippen molar-refractivity contribution in [3.63, 3.8) is 0 Å². The number of imidazole rings is 1. The number of nitrogens with zero attached hydrogens (tertiary/aromatic N) is 1. The van der Waals surface area contributed by atoms with Crippen LogP contribution >= 0.6 is 0 Å². The number of aromatic amines is 1. The minimum absolute atomic E-state index is 0.0480. The molecule has 0 radical (unpaired) electrons. The maximum Gasteiger partial charge on any atom is 0.223 e. The summed E-state index contributed by atoms with van der Waals surface area (Å²) in [6.45, 7) is 6.16. The summed E-state index contributed by atoms with van der Waals surface area (Å²) in [7, 11) is 0. The molecule has 0 saturated heterocycles. The number of unbranched alkanes of at least 4 members (excludes halogenated alkanes) is 1. The van der Waals surface area contributed by atoms with Crippen molar-refractivity contribution < 1.29 is 4.79 Å². The van der Waals surface area contributed by atoms with Crippen LogP contribution in [-0.2, 0) is 4.79 Å². The van der Waals surface area contributed by atoms with Gasteiger partial charge in [0.15, 0.2) is 0 Å². The smallest absolute Gasteiger partial charge is 0.223 e. The second kappa shape index (κ2) is 7.09. The van der Waals surface area contributed by atoms with Crippen LogP contribution in [0.25, 0.3) is 0 Å². The normalized spacial score (nSPS) is 14.3. The molecule has 1 heterocycles. The highest BCUT2D eigenvalue weighted by Gasteiger charge is 2.18. The zero-order valence-corrected chi connectivity index (χ0v) is 11.0. The molecule has 0 fully saturated rings. The van der Waals surface area contributed by atoms with Crippen LogP contribution in [0.5, 0.6) is 0 Å². The Morgan fingerprint density at radius 3 is 2.82 bits per heavy atom. The van der Waals surface area contributed by atoms with E-state index in [4.69, 9.17) is 0 Å². The van der Waals surface area contributed by atoms with Gasteiger partial charge in [-0.15, -0.1) is 0 Å². The second-order valence-electron chi connectivity index (χ2n) is 4.45. The van der Waals surface area contributed by atoms with E-state index in [1.54, 1.807) is 12.4 Å². The Morgan fingerprint density at radius 2 is 2.29 bits per heavy atom. The van der Waals surface area contributed by atoms with E-state index in [-0.39, 0.29) is 17.9 Å². The highest BCUT2D eigenvalue weighted by molar-refractivity contribution is 5.78. The number of hydrogen-bond donors (Lipinski definition) is 2. The molecule has 1 amide bonds. The first kappa shape index (κ1) is 13.7. The molecule has 17 heavy (non-hydrogen) atoms. The highest BCUT2D eigenvalue weighted by Crippen LogP contribution is 2.15. The molecule has 0 aromatic carbocycles. The SMILES string of the molecule is CCCCC(CC)C(=O)NC(C)c1ncc[nH]1. The van der Waals surface area contributed by atoms with Crippen LogP contribution in [0.1, 0.15) is 58.3 Å². The highest BCUT2D eigenvalue weighted by atomic mass is 16.1. The fourth-order valence-electron chi connectivity index (χ4n) is 1.89. The first-order chi connectivity index (χ1) is 8.19. The van der Waals surface area contributed by atoms with Gasteiger partial charge in [0.2, 0.25) is 5.91 Å². The Labute approximate surface area is 103 Å². The molecule has 0 aliphatic carbocycles. The van der Waals surface area contributed by atoms with Crippen molar-refractivity contribution >= 4 is 5.91 Å². The molecule has 0 aliphatic rings. The molecule has 1 aromatic heterocycles. The van der Waals surface area contributed by atoms with Gasteiger partial charge in [-0.2, -0.15) is 0 Å². The van der Waals surface area contributed by atoms with Gasteiger partial charge in [0.1, 0.15) is 5.82 Å². The lowest BCUT2D eigenvalue weighted by Crippen LogP contribution is -2.33. The Bertz CT molecular complexity index is 321. The lowest BCUT2D eigenvalue weighted by molar-refractivity contribution is -0.126. The number of carbonyl (C=O) groups is 1. The van der Waals surface area contributed by atoms with Crippen LogP contribution in [0.4, 0.5) is 0 Å². The number of nitrogens with one attached hydrogen (secondary N) is 2. The maximum atomic E-state index is 12.0. The third kappa shape index (κ3) is 4.21. The van der Waals surface area contributed by atoms with Gasteiger partial charge in [0.25, 0.3) is 0 Å². The lowest BCUT2D eigenvalue weighted by Gasteiger charge is -2.17. The molecule has 0 aliphatic heterocycles. The van der Waals surface area contributed by atoms with Crippen molar-refractivity contribution in [2.24, 2.45) is 5.92 Å². The average molecular weight is 237 g/mol. The van der Waals surface area contributed by atoms with E-state index < -0.39 is 0 Å². The molecule has 1 aromatic rings. The molecular weight excluding hydrogens is 214 g/mol. The van der Waals surface area contributed by atoms with Crippen LogP contribution in [0.3, 0.4) is 0 Å². The van der Waals surface area contributed by atoms with Crippen molar-refractivity contribution in [3.8, 4) is 0 Å². The topological polar surface area (TPSA) is 57.8 Å². The summed E-state index contributed by atoms with van der Waals surface area (Å²) in [6, 6.07) is -0.0480. The van der Waals surface area contributed by atoms with Crippen molar-refractivity contribution in [2.45, 2.75) is 52.5 Å². The summed E-state index contributed by atoms with van der Waals surface area (Å²) in [4.78, 5) is 19.2. The van der Waals surface area contributed by atoms with E-state index >= 15 is 0 Å². The number of carbonyl (C=O) groups excluding carboxylic acids is 1. The predicted molar refractivity (Wildman–Crippen MR) is 68.5 cm³/mol. The number of amides is 1. The van der Waals surface area contributed by atoms with E-state index in [2.05, 4.69) is 29.1 Å². The van der Waals surface area contributed by atoms with Gasteiger partial charge in [-0.05, 0) is 19.8 Å². The molecule has 2 N–H and O–H groups in total. The van der Waals surface area contributed by atoms with Gasteiger partial charge in [-0.25, -0.2) is 4.98 Å². The summed E-state index contributed by atoms with van der Waals surface area (Å²) >= 11 is 0. The van der Waals surface area contributed by atoms with Crippen LogP contribution in [0.15, 0.2) is 12.4 Å². The maximum absolute atomic E-state index is 12.0. The monoisotopic (exact) mass is 237 g/mol. The molecule has 0 saturated carbocycles. The first-order valence-electron chi connectivity index (χ1n) is 6.48. The largest absolute Gasteiger partial charge is 0.347 e. The fourth-order valence-corrected chi connectivity index (χ4v) is 1.89. The predicted octanol–water partition coefficient (Wildman–Crippen LogP) is 2.80. The average Bonchev–Trinajstić information content (AvgIpc) is 2.83. The van der Waals surface area contributed by atoms with Crippen molar-refractivity contribution in [1.29, 1.82) is 0 Å². The minimum Gasteiger partial charge on any atom is -0.347 e. The summed E-state index contributed by atoms with van der Waals surface area (Å²) < 4.78 is 0. The second-order valence-corrected chi connectivity index (χ2v) is 4.45. The molecule has 4 heteroatoms. The molecule has 0 bridgehead atoms. The van der Waals surface area contributed by atoms with Crippen LogP contribution in [0, 0.1) is 5.92 Å². The van der Waals surface area contributed by atoms with E-state index in [1.807, 2.05) is 6.92 Å². The summed E-state index contributed by atoms with van der Waals surface area (Å²) in [5, 5.41) is 3.01. The molecule has 0 spiro atoms. The molecule has 1 rings (SSSR count). The zero-order valence-electron chi connectivity index (χ0n) is 11.0. The van der Waals surface area contributed by atoms with E-state index in [0.29, 0.717) is 0 Å². The number of hydrogen-bond acceptors (Lipinski definition) is 2. The molecule has 4 nitrogen and oxygen atoms in total. The van der Waals surface area contributed by atoms with Crippen molar-refractivity contribution in [2.75, 3.05) is 0 Å². The van der Waals surface area contributed by atoms with Gasteiger partial charge >= 0.3 is 0 Å². The van der Waals surface area contributed by atoms with Crippen LogP contribution in [-0.4, -0.2) is 15.9 Å². The van der Waals surface area contributed by atoms with E-state index in [9.17, 15) is 4.79 Å². The van der Waals surface area contributed by atoms with Crippen LogP contribution < -0.4 is 5.32 Å². The number of aromatic nitrogens is 2. The third-order valence-electron chi connectivity index (χ3n) is 3.06. The van der Waals surface area contributed by atoms with Crippen molar-refractivity contribution in [1.82, 2.24) is 15.3 Å². The molecule has 2 unspecified atom stereocenters. The third-order valence-corrected chi connectivity index (χ3v) is 3.06. The summed E-state index contributed by atoms with van der Waals surface area (Å²) in [5.74, 6) is 1.08. The quantitative estimate of drug-likeness (QED) is 0.766. The lowest BCUT2D eigenvalue weighted by atomic mass is 9.98. The Kier molecular flexibility index (Phi) is 5.73. The minimum atomic E-state index is -0.0480. The van der Waals surface area contributed by atoms with Gasteiger partial charge in [-0.3, -0.25) is 4.79 Å². The van der Waals surface area contributed by atoms with Gasteiger partial charge in [0.05, 0.1) is 6.04 Å². The fraction of sp³-hybridized carbons (Fsp3) is 0.692. The zero-order chi connectivity index (χ0) is 12.7. The molecule has 96 valence electrons. The Morgan fingerprint density at radius 1 is 1.53 bits per heavy atom. The number of rotatable bonds is 7. The van der Waals surface area contributed by atoms with E-state index in [1.165, 1.54) is 0 Å². The van der Waals surface area contributed by atoms with Crippen molar-refractivity contribution in [3.05, 3.63) is 18.2 Å². The van der Waals surface area contributed by atoms with Gasteiger partial charge in [0, 0.05) is 18.3 Å². The Balaban J connectivity index is 2.46. The van der Waals surface area contributed by atoms with Gasteiger partial charge < -0.3 is 10.3 Å².